The van der Waals surface area contributed by atoms with Gasteiger partial charge in [-0.15, -0.1) is 0 Å². The number of hydrogen-bond acceptors (Lipinski definition) is 0. The number of hydrogen-bond donors (Lipinski definition) is 0. The molecule has 0 N–H and O–H groups in total. The molecule has 4 aliphatic carbocycles. The first kappa shape index (κ1) is 109. The molecular weight excluding hydrogens is 1790 g/mol. The lowest BCUT2D eigenvalue weighted by Crippen LogP contribution is -1.97. The third-order valence-corrected chi connectivity index (χ3v) is 28.9. The Morgan fingerprint density at radius 2 is 0.392 bits per heavy atom. The van der Waals surface area contributed by atoms with E-state index in [9.17, 15) is 0 Å². The summed E-state index contributed by atoms with van der Waals surface area (Å²) < 4.78 is 10.1. The van der Waals surface area contributed by atoms with Crippen LogP contribution in [0.3, 0.4) is 0 Å². The molecule has 0 saturated carbocycles. The average Bonchev–Trinajstić information content (AvgIpc) is 1.36. The summed E-state index contributed by atoms with van der Waals surface area (Å²) in [6.07, 6.45) is 4.00. The molecule has 0 radical (unpaired) electrons. The summed E-state index contributed by atoms with van der Waals surface area (Å²) >= 11 is 0. The zero-order valence-electron chi connectivity index (χ0n) is 93.9. The van der Waals surface area contributed by atoms with E-state index in [0.29, 0.717) is 0 Å². The highest BCUT2D eigenvalue weighted by Crippen LogP contribution is 2.57. The molecule has 4 aliphatic rings. The van der Waals surface area contributed by atoms with E-state index >= 15 is 0 Å². The lowest BCUT2D eigenvalue weighted by atomic mass is 9.89. The van der Waals surface area contributed by atoms with Gasteiger partial charge in [0.2, 0.25) is 0 Å². The quantitative estimate of drug-likeness (QED) is 0.157. The molecule has 754 valence electrons. The van der Waals surface area contributed by atoms with Gasteiger partial charge in [-0.2, -0.15) is 0 Å². The van der Waals surface area contributed by atoms with Crippen molar-refractivity contribution in [2.75, 3.05) is 0 Å². The fourth-order valence-electron chi connectivity index (χ4n) is 24.2. The van der Waals surface area contributed by atoms with Crippen LogP contribution in [-0.2, 0) is 51.9 Å². The van der Waals surface area contributed by atoms with Crippen molar-refractivity contribution in [1.82, 2.24) is 18.3 Å². The van der Waals surface area contributed by atoms with Gasteiger partial charge in [0.25, 0.3) is 0 Å². The molecule has 4 heteroatoms. The molecule has 148 heavy (non-hydrogen) atoms. The van der Waals surface area contributed by atoms with Gasteiger partial charge in [0, 0.05) is 117 Å². The molecule has 0 spiro atoms. The lowest BCUT2D eigenvalue weighted by Gasteiger charge is -2.14. The Kier molecular flexibility index (Phi) is 36.8. The van der Waals surface area contributed by atoms with Gasteiger partial charge in [0.15, 0.2) is 0 Å². The van der Waals surface area contributed by atoms with E-state index in [1.807, 2.05) is 166 Å². The summed E-state index contributed by atoms with van der Waals surface area (Å²) in [4.78, 5) is 0. The standard InChI is InChI=1S/C33H23N.3C29H21N.12C2H6/c1-2-34-29-18-10-9-17-26(29)32-25-16-8-7-15-24(25)31-28(33(32)34)19-27-22-13-4-3-11-20(22)21-12-5-6-14-23(21)30(27)31;1-2-30-26-14-8-7-13-23(26)28-22-12-6-5-11-21(22)27-24-16-19-10-4-3-9-18(19)15-20(24)17-25(27)29(28)30;1-2-30-25-14-8-7-13-23(25)28-22-12-6-5-11-21(22)27-24(29(28)30)17-19-16-15-18-9-3-4-10-20(18)26(19)27;1-2-30-26-14-8-7-13-23(26)28-21-12-6-5-11-20(21)27-22-16-15-18-9-3-4-10-19(18)24(22)17-25(27)29(28)30;12*1-2/h3-18H,2,19H2,1H3;3*3-16H,2,17H2,1H3;12*1-2H3. The fourth-order valence-corrected chi connectivity index (χ4v) is 24.2. The molecule has 0 atom stereocenters. The zero-order chi connectivity index (χ0) is 106. The zero-order valence-corrected chi connectivity index (χ0v) is 93.9. The number of fused-ring (bicyclic) bond motifs is 50. The maximum Gasteiger partial charge on any atom is 0.0540 e. The van der Waals surface area contributed by atoms with Crippen LogP contribution in [0.15, 0.2) is 352 Å². The van der Waals surface area contributed by atoms with Crippen molar-refractivity contribution in [3.8, 4) is 44.5 Å². The van der Waals surface area contributed by atoms with Gasteiger partial charge in [0.05, 0.1) is 22.1 Å². The molecule has 0 aliphatic heterocycles. The summed E-state index contributed by atoms with van der Waals surface area (Å²) in [5, 5.41) is 35.7. The minimum atomic E-state index is 0.965. The fraction of sp³-hybridized carbons (Fsp3) is 0.250. The summed E-state index contributed by atoms with van der Waals surface area (Å²) in [6.45, 7) is 61.0. The second-order valence-electron chi connectivity index (χ2n) is 34.7. The summed E-state index contributed by atoms with van der Waals surface area (Å²) in [7, 11) is 0. The average molecular weight is 1940 g/mol. The lowest BCUT2D eigenvalue weighted by molar-refractivity contribution is 0.824. The summed E-state index contributed by atoms with van der Waals surface area (Å²) in [6, 6.07) is 130. The topological polar surface area (TPSA) is 19.7 Å². The van der Waals surface area contributed by atoms with Gasteiger partial charge in [0.1, 0.15) is 0 Å². The number of rotatable bonds is 4. The normalized spacial score (nSPS) is 11.2. The Labute approximate surface area is 882 Å². The second kappa shape index (κ2) is 50.0. The van der Waals surface area contributed by atoms with E-state index < -0.39 is 0 Å². The predicted octanol–water partition coefficient (Wildman–Crippen LogP) is 44.2. The molecule has 0 unspecified atom stereocenters. The van der Waals surface area contributed by atoms with Crippen LogP contribution in [0.4, 0.5) is 0 Å². The Bertz CT molecular complexity index is 8940. The first-order chi connectivity index (χ1) is 73.4. The van der Waals surface area contributed by atoms with Crippen molar-refractivity contribution in [3.05, 3.63) is 396 Å². The molecule has 0 saturated heterocycles. The van der Waals surface area contributed by atoms with Crippen molar-refractivity contribution < 1.29 is 0 Å². The van der Waals surface area contributed by atoms with E-state index in [1.165, 1.54) is 273 Å². The SMILES string of the molecule is CC.CC.CC.CC.CC.CC.CC.CC.CC.CC.CC.CC.CCn1c2ccccc2c2c3ccccc3c3c(c21)Cc1c-3c2ccccc2c2ccccc12.CCn1c2ccccc2c2c3ccccc3c3c(c21)Cc1c-3ccc2ccccc12.CCn1c2ccccc2c2c3ccccc3c3c(c21)Cc1cc2ccccc2cc1-3.CCn1c2ccccc2c2c3ccccc3c3c(c21)Cc1ccc2ccccc2c1-3. The second-order valence-corrected chi connectivity index (χ2v) is 34.7. The Morgan fingerprint density at radius 3 is 0.777 bits per heavy atom. The molecule has 0 bridgehead atoms. The highest BCUT2D eigenvalue weighted by atomic mass is 15.0. The van der Waals surface area contributed by atoms with Gasteiger partial charge >= 0.3 is 0 Å². The molecule has 25 aromatic rings. The predicted molar refractivity (Wildman–Crippen MR) is 667 cm³/mol. The number of para-hydroxylation sites is 4. The Hall–Kier alpha value is -14.8. The van der Waals surface area contributed by atoms with Gasteiger partial charge in [-0.05, 0) is 244 Å². The van der Waals surface area contributed by atoms with Crippen molar-refractivity contribution in [1.29, 1.82) is 0 Å². The van der Waals surface area contributed by atoms with E-state index in [4.69, 9.17) is 0 Å². The highest BCUT2D eigenvalue weighted by molar-refractivity contribution is 6.32. The Balaban J connectivity index is 0.000000146. The van der Waals surface area contributed by atoms with Crippen LogP contribution < -0.4 is 0 Å². The van der Waals surface area contributed by atoms with Crippen LogP contribution in [0.2, 0.25) is 0 Å². The first-order valence-electron chi connectivity index (χ1n) is 56.7. The van der Waals surface area contributed by atoms with Gasteiger partial charge in [-0.3, -0.25) is 0 Å². The van der Waals surface area contributed by atoms with E-state index in [1.54, 1.807) is 0 Å². The molecule has 0 amide bonds. The molecule has 4 aromatic heterocycles. The van der Waals surface area contributed by atoms with Gasteiger partial charge in [-0.1, -0.05) is 488 Å². The number of aromatic nitrogens is 4. The maximum atomic E-state index is 2.55. The van der Waals surface area contributed by atoms with Crippen LogP contribution in [0, 0.1) is 0 Å². The van der Waals surface area contributed by atoms with Crippen molar-refractivity contribution in [3.63, 3.8) is 0 Å². The van der Waals surface area contributed by atoms with E-state index in [0.717, 1.165) is 51.9 Å². The van der Waals surface area contributed by atoms with Crippen LogP contribution >= 0.6 is 0 Å². The number of aryl methyl sites for hydroxylation is 4. The molecular formula is C144H158N4. The number of nitrogens with zero attached hydrogens (tertiary/aromatic N) is 4. The van der Waals surface area contributed by atoms with Crippen LogP contribution in [-0.4, -0.2) is 18.3 Å². The summed E-state index contributed by atoms with van der Waals surface area (Å²) in [5.41, 5.74) is 34.4. The van der Waals surface area contributed by atoms with Gasteiger partial charge in [-0.25, -0.2) is 0 Å². The molecule has 21 aromatic carbocycles. The molecule has 4 heterocycles. The largest absolute Gasteiger partial charge is 0.340 e. The van der Waals surface area contributed by atoms with Crippen LogP contribution in [0.1, 0.15) is 238 Å². The minimum absolute atomic E-state index is 0.965. The molecule has 4 nitrogen and oxygen atoms in total. The van der Waals surface area contributed by atoms with Gasteiger partial charge < -0.3 is 18.3 Å². The van der Waals surface area contributed by atoms with Crippen LogP contribution in [0.25, 0.3) is 229 Å². The van der Waals surface area contributed by atoms with E-state index in [-0.39, 0.29) is 0 Å². The number of benzene rings is 21. The third-order valence-electron chi connectivity index (χ3n) is 28.9. The smallest absolute Gasteiger partial charge is 0.0540 e. The molecule has 29 rings (SSSR count). The Morgan fingerprint density at radius 1 is 0.155 bits per heavy atom. The monoisotopic (exact) mass is 1940 g/mol. The van der Waals surface area contributed by atoms with Crippen molar-refractivity contribution in [2.24, 2.45) is 0 Å². The van der Waals surface area contributed by atoms with E-state index in [2.05, 4.69) is 398 Å². The highest BCUT2D eigenvalue weighted by Gasteiger charge is 2.35. The van der Waals surface area contributed by atoms with Crippen molar-refractivity contribution >= 4 is 184 Å². The minimum Gasteiger partial charge on any atom is -0.340 e. The first-order valence-corrected chi connectivity index (χ1v) is 56.7. The summed E-state index contributed by atoms with van der Waals surface area (Å²) in [5.74, 6) is 0. The van der Waals surface area contributed by atoms with Crippen LogP contribution in [0.5, 0.6) is 0 Å². The van der Waals surface area contributed by atoms with Crippen molar-refractivity contribution in [2.45, 2.75) is 246 Å². The molecule has 0 fully saturated rings. The maximum absolute atomic E-state index is 2.55. The third kappa shape index (κ3) is 18.1.